The monoisotopic (exact) mass is 307 g/mol. The van der Waals surface area contributed by atoms with Crippen molar-refractivity contribution in [3.63, 3.8) is 0 Å². The van der Waals surface area contributed by atoms with E-state index in [-0.39, 0.29) is 17.5 Å². The van der Waals surface area contributed by atoms with Gasteiger partial charge in [0.25, 0.3) is 16.0 Å². The summed E-state index contributed by atoms with van der Waals surface area (Å²) in [6.07, 6.45) is 0.332. The zero-order valence-electron chi connectivity index (χ0n) is 11.2. The standard InChI is InChI=1S/C12H13N5O3S/c1-17-14-12(13-16-17)15-21(19,20)11-7-4-6-10(9-11)5-2-3-8-18/h4,6-7,9,18H,3,8H2,1H3,(H,14,15). The first kappa shape index (κ1) is 15.0. The van der Waals surface area contributed by atoms with Crippen LogP contribution in [0, 0.1) is 11.8 Å². The molecule has 0 spiro atoms. The number of benzene rings is 1. The molecule has 1 heterocycles. The van der Waals surface area contributed by atoms with Crippen molar-refractivity contribution < 1.29 is 13.5 Å². The Morgan fingerprint density at radius 3 is 2.90 bits per heavy atom. The molecule has 9 heteroatoms. The van der Waals surface area contributed by atoms with Crippen LogP contribution in [0.1, 0.15) is 12.0 Å². The van der Waals surface area contributed by atoms with Crippen LogP contribution in [0.3, 0.4) is 0 Å². The van der Waals surface area contributed by atoms with Gasteiger partial charge in [-0.15, -0.1) is 5.10 Å². The Hall–Kier alpha value is -2.44. The lowest BCUT2D eigenvalue weighted by atomic mass is 10.2. The number of nitrogens with zero attached hydrogens (tertiary/aromatic N) is 4. The van der Waals surface area contributed by atoms with Crippen molar-refractivity contribution in [2.75, 3.05) is 11.3 Å². The van der Waals surface area contributed by atoms with E-state index < -0.39 is 10.0 Å². The molecule has 2 aromatic rings. The summed E-state index contributed by atoms with van der Waals surface area (Å²) in [7, 11) is -2.27. The van der Waals surface area contributed by atoms with Crippen LogP contribution in [0.5, 0.6) is 0 Å². The minimum atomic E-state index is -3.80. The van der Waals surface area contributed by atoms with Gasteiger partial charge in [-0.3, -0.25) is 0 Å². The predicted octanol–water partition coefficient (Wildman–Crippen LogP) is -0.255. The van der Waals surface area contributed by atoms with Crippen LogP contribution in [0.15, 0.2) is 29.2 Å². The van der Waals surface area contributed by atoms with Crippen molar-refractivity contribution in [1.29, 1.82) is 0 Å². The van der Waals surface area contributed by atoms with Crippen LogP contribution in [-0.2, 0) is 17.1 Å². The molecule has 0 saturated carbocycles. The third-order valence-electron chi connectivity index (χ3n) is 2.35. The van der Waals surface area contributed by atoms with Crippen LogP contribution < -0.4 is 4.72 Å². The quantitative estimate of drug-likeness (QED) is 0.753. The highest BCUT2D eigenvalue weighted by atomic mass is 32.2. The van der Waals surface area contributed by atoms with Gasteiger partial charge in [0.2, 0.25) is 0 Å². The number of sulfonamides is 1. The van der Waals surface area contributed by atoms with Gasteiger partial charge in [-0.25, -0.2) is 13.1 Å². The molecule has 0 fully saturated rings. The summed E-state index contributed by atoms with van der Waals surface area (Å²) in [4.78, 5) is 1.19. The van der Waals surface area contributed by atoms with E-state index in [9.17, 15) is 8.42 Å². The first-order valence-electron chi connectivity index (χ1n) is 5.98. The molecule has 1 aromatic heterocycles. The van der Waals surface area contributed by atoms with Crippen molar-refractivity contribution in [2.45, 2.75) is 11.3 Å². The van der Waals surface area contributed by atoms with Crippen molar-refractivity contribution in [3.05, 3.63) is 29.8 Å². The van der Waals surface area contributed by atoms with Crippen molar-refractivity contribution >= 4 is 16.0 Å². The van der Waals surface area contributed by atoms with E-state index in [1.165, 1.54) is 19.2 Å². The van der Waals surface area contributed by atoms with Gasteiger partial charge >= 0.3 is 0 Å². The molecule has 0 amide bonds. The molecule has 0 saturated heterocycles. The van der Waals surface area contributed by atoms with Gasteiger partial charge in [0.05, 0.1) is 18.6 Å². The average molecular weight is 307 g/mol. The number of aliphatic hydroxyl groups is 1. The van der Waals surface area contributed by atoms with Gasteiger partial charge in [0, 0.05) is 12.0 Å². The third-order valence-corrected chi connectivity index (χ3v) is 3.67. The van der Waals surface area contributed by atoms with Gasteiger partial charge in [0.15, 0.2) is 0 Å². The molecule has 0 unspecified atom stereocenters. The van der Waals surface area contributed by atoms with Gasteiger partial charge < -0.3 is 5.11 Å². The molecule has 1 aromatic carbocycles. The van der Waals surface area contributed by atoms with E-state index in [2.05, 4.69) is 32.0 Å². The summed E-state index contributed by atoms with van der Waals surface area (Å²) >= 11 is 0. The summed E-state index contributed by atoms with van der Waals surface area (Å²) < 4.78 is 26.6. The third kappa shape index (κ3) is 4.01. The smallest absolute Gasteiger partial charge is 0.277 e. The van der Waals surface area contributed by atoms with E-state index in [4.69, 9.17) is 5.11 Å². The van der Waals surface area contributed by atoms with Crippen molar-refractivity contribution in [3.8, 4) is 11.8 Å². The van der Waals surface area contributed by atoms with Gasteiger partial charge in [-0.1, -0.05) is 23.0 Å². The van der Waals surface area contributed by atoms with Crippen LogP contribution in [0.4, 0.5) is 5.95 Å². The summed E-state index contributed by atoms with van der Waals surface area (Å²) in [5.41, 5.74) is 0.540. The minimum Gasteiger partial charge on any atom is -0.395 e. The van der Waals surface area contributed by atoms with Crippen molar-refractivity contribution in [1.82, 2.24) is 20.2 Å². The first-order valence-corrected chi connectivity index (χ1v) is 7.46. The molecular weight excluding hydrogens is 294 g/mol. The van der Waals surface area contributed by atoms with E-state index >= 15 is 0 Å². The molecule has 0 aliphatic carbocycles. The van der Waals surface area contributed by atoms with Gasteiger partial charge in [-0.2, -0.15) is 4.80 Å². The molecule has 0 bridgehead atoms. The molecule has 21 heavy (non-hydrogen) atoms. The number of rotatable bonds is 4. The fourth-order valence-electron chi connectivity index (χ4n) is 1.47. The van der Waals surface area contributed by atoms with Crippen LogP contribution in [-0.4, -0.2) is 40.3 Å². The number of anilines is 1. The minimum absolute atomic E-state index is 0.0368. The number of aryl methyl sites for hydroxylation is 1. The average Bonchev–Trinajstić information content (AvgIpc) is 2.84. The Kier molecular flexibility index (Phi) is 4.52. The molecule has 110 valence electrons. The Bertz CT molecular complexity index is 788. The number of nitrogens with one attached hydrogen (secondary N) is 1. The topological polar surface area (TPSA) is 110 Å². The Morgan fingerprint density at radius 1 is 1.43 bits per heavy atom. The number of hydrogen-bond acceptors (Lipinski definition) is 6. The van der Waals surface area contributed by atoms with Gasteiger partial charge in [0.1, 0.15) is 0 Å². The number of aliphatic hydroxyl groups excluding tert-OH is 1. The molecule has 0 radical (unpaired) electrons. The normalized spacial score (nSPS) is 10.8. The molecule has 0 atom stereocenters. The van der Waals surface area contributed by atoms with Crippen LogP contribution in [0.25, 0.3) is 0 Å². The van der Waals surface area contributed by atoms with E-state index in [1.54, 1.807) is 12.1 Å². The van der Waals surface area contributed by atoms with E-state index in [1.807, 2.05) is 0 Å². The maximum Gasteiger partial charge on any atom is 0.277 e. The number of hydrogen-bond donors (Lipinski definition) is 2. The SMILES string of the molecule is Cn1nnc(NS(=O)(=O)c2cccc(C#CCCO)c2)n1. The highest BCUT2D eigenvalue weighted by molar-refractivity contribution is 7.92. The molecule has 2 rings (SSSR count). The Balaban J connectivity index is 2.24. The summed E-state index contributed by atoms with van der Waals surface area (Å²) in [6, 6.07) is 6.14. The van der Waals surface area contributed by atoms with Crippen LogP contribution >= 0.6 is 0 Å². The molecule has 2 N–H and O–H groups in total. The largest absolute Gasteiger partial charge is 0.395 e. The first-order chi connectivity index (χ1) is 10.0. The number of aromatic nitrogens is 4. The van der Waals surface area contributed by atoms with Crippen molar-refractivity contribution in [2.24, 2.45) is 7.05 Å². The fraction of sp³-hybridized carbons (Fsp3) is 0.250. The Morgan fingerprint density at radius 2 is 2.24 bits per heavy atom. The zero-order valence-corrected chi connectivity index (χ0v) is 12.0. The predicted molar refractivity (Wildman–Crippen MR) is 74.6 cm³/mol. The molecule has 0 aliphatic rings. The highest BCUT2D eigenvalue weighted by Gasteiger charge is 2.16. The summed E-state index contributed by atoms with van der Waals surface area (Å²) in [5, 5.41) is 19.5. The molecular formula is C12H13N5O3S. The van der Waals surface area contributed by atoms with E-state index in [0.29, 0.717) is 12.0 Å². The van der Waals surface area contributed by atoms with Crippen LogP contribution in [0.2, 0.25) is 0 Å². The number of tetrazole rings is 1. The Labute approximate surface area is 121 Å². The second-order valence-corrected chi connectivity index (χ2v) is 5.69. The van der Waals surface area contributed by atoms with Gasteiger partial charge in [-0.05, 0) is 23.4 Å². The second-order valence-electron chi connectivity index (χ2n) is 4.01. The fourth-order valence-corrected chi connectivity index (χ4v) is 2.45. The second kappa shape index (κ2) is 6.34. The van der Waals surface area contributed by atoms with E-state index in [0.717, 1.165) is 4.80 Å². The summed E-state index contributed by atoms with van der Waals surface area (Å²) in [5.74, 6) is 5.40. The zero-order chi connectivity index (χ0) is 15.3. The maximum atomic E-state index is 12.2. The molecule has 8 nitrogen and oxygen atoms in total. The lowest BCUT2D eigenvalue weighted by Gasteiger charge is -2.04. The lowest BCUT2D eigenvalue weighted by molar-refractivity contribution is 0.305. The highest BCUT2D eigenvalue weighted by Crippen LogP contribution is 2.13. The molecule has 0 aliphatic heterocycles. The lowest BCUT2D eigenvalue weighted by Crippen LogP contribution is -2.14. The maximum absolute atomic E-state index is 12.2. The summed E-state index contributed by atoms with van der Waals surface area (Å²) in [6.45, 7) is -0.0368.